The molecule has 0 aliphatic carbocycles. The van der Waals surface area contributed by atoms with Crippen LogP contribution in [0.2, 0.25) is 0 Å². The second-order valence-electron chi connectivity index (χ2n) is 4.57. The van der Waals surface area contributed by atoms with E-state index in [1.54, 1.807) is 30.3 Å². The van der Waals surface area contributed by atoms with Gasteiger partial charge in [0.1, 0.15) is 0 Å². The maximum absolute atomic E-state index is 12.2. The van der Waals surface area contributed by atoms with E-state index >= 15 is 0 Å². The predicted molar refractivity (Wildman–Crippen MR) is 76.4 cm³/mol. The third kappa shape index (κ3) is 3.43. The quantitative estimate of drug-likeness (QED) is 0.932. The summed E-state index contributed by atoms with van der Waals surface area (Å²) < 4.78 is 27.1. The molecule has 0 unspecified atom stereocenters. The van der Waals surface area contributed by atoms with Crippen molar-refractivity contribution < 1.29 is 8.42 Å². The van der Waals surface area contributed by atoms with E-state index in [-0.39, 0.29) is 10.9 Å². The molecule has 2 rings (SSSR count). The van der Waals surface area contributed by atoms with Gasteiger partial charge < -0.3 is 0 Å². The lowest BCUT2D eigenvalue weighted by atomic mass is 10.1. The molecule has 0 heterocycles. The SMILES string of the molecule is Cc1cccc([C@@H](C)NS(=O)(=O)c2ccccc2)c1. The van der Waals surface area contributed by atoms with E-state index in [0.29, 0.717) is 0 Å². The summed E-state index contributed by atoms with van der Waals surface area (Å²) in [5.41, 5.74) is 2.07. The van der Waals surface area contributed by atoms with Gasteiger partial charge in [-0.3, -0.25) is 0 Å². The molecule has 4 heteroatoms. The highest BCUT2D eigenvalue weighted by molar-refractivity contribution is 7.89. The molecule has 0 radical (unpaired) electrons. The molecule has 0 amide bonds. The summed E-state index contributed by atoms with van der Waals surface area (Å²) in [6.45, 7) is 3.83. The summed E-state index contributed by atoms with van der Waals surface area (Å²) in [5.74, 6) is 0. The molecule has 1 atom stereocenters. The molecule has 2 aromatic carbocycles. The largest absolute Gasteiger partial charge is 0.241 e. The lowest BCUT2D eigenvalue weighted by molar-refractivity contribution is 0.567. The molecule has 0 saturated heterocycles. The summed E-state index contributed by atoms with van der Waals surface area (Å²) >= 11 is 0. The van der Waals surface area contributed by atoms with Crippen molar-refractivity contribution in [1.82, 2.24) is 4.72 Å². The third-order valence-corrected chi connectivity index (χ3v) is 4.48. The maximum Gasteiger partial charge on any atom is 0.241 e. The minimum Gasteiger partial charge on any atom is -0.207 e. The van der Waals surface area contributed by atoms with Crippen LogP contribution in [0.1, 0.15) is 24.1 Å². The number of aryl methyl sites for hydroxylation is 1. The molecule has 0 saturated carbocycles. The summed E-state index contributed by atoms with van der Waals surface area (Å²) in [4.78, 5) is 0.287. The Morgan fingerprint density at radius 2 is 1.68 bits per heavy atom. The van der Waals surface area contributed by atoms with Gasteiger partial charge in [0, 0.05) is 6.04 Å². The zero-order valence-corrected chi connectivity index (χ0v) is 11.8. The van der Waals surface area contributed by atoms with Crippen LogP contribution in [-0.2, 0) is 10.0 Å². The number of rotatable bonds is 4. The molecule has 0 aliphatic rings. The van der Waals surface area contributed by atoms with Gasteiger partial charge in [-0.05, 0) is 31.5 Å². The molecular formula is C15H17NO2S. The first-order chi connectivity index (χ1) is 8.99. The highest BCUT2D eigenvalue weighted by Gasteiger charge is 2.17. The summed E-state index contributed by atoms with van der Waals surface area (Å²) in [7, 11) is -3.47. The fraction of sp³-hybridized carbons (Fsp3) is 0.200. The Hall–Kier alpha value is -1.65. The summed E-state index contributed by atoms with van der Waals surface area (Å²) in [6, 6.07) is 16.0. The van der Waals surface area contributed by atoms with E-state index in [1.807, 2.05) is 38.1 Å². The third-order valence-electron chi connectivity index (χ3n) is 2.93. The van der Waals surface area contributed by atoms with Gasteiger partial charge in [0.05, 0.1) is 4.90 Å². The van der Waals surface area contributed by atoms with Crippen molar-refractivity contribution >= 4 is 10.0 Å². The first kappa shape index (κ1) is 13.8. The summed E-state index contributed by atoms with van der Waals surface area (Å²) in [5, 5.41) is 0. The molecule has 0 aromatic heterocycles. The van der Waals surface area contributed by atoms with Crippen LogP contribution in [0.25, 0.3) is 0 Å². The minimum absolute atomic E-state index is 0.259. The Labute approximate surface area is 114 Å². The fourth-order valence-electron chi connectivity index (χ4n) is 1.91. The number of hydrogen-bond donors (Lipinski definition) is 1. The lowest BCUT2D eigenvalue weighted by Gasteiger charge is -2.15. The molecular weight excluding hydrogens is 258 g/mol. The van der Waals surface area contributed by atoms with E-state index in [4.69, 9.17) is 0 Å². The number of benzene rings is 2. The van der Waals surface area contributed by atoms with Crippen LogP contribution in [0.15, 0.2) is 59.5 Å². The number of hydrogen-bond acceptors (Lipinski definition) is 2. The molecule has 19 heavy (non-hydrogen) atoms. The van der Waals surface area contributed by atoms with Crippen molar-refractivity contribution in [3.05, 3.63) is 65.7 Å². The van der Waals surface area contributed by atoms with Crippen molar-refractivity contribution in [2.45, 2.75) is 24.8 Å². The van der Waals surface area contributed by atoms with Crippen LogP contribution in [0.4, 0.5) is 0 Å². The fourth-order valence-corrected chi connectivity index (χ4v) is 3.16. The van der Waals surface area contributed by atoms with Gasteiger partial charge in [-0.15, -0.1) is 0 Å². The highest BCUT2D eigenvalue weighted by Crippen LogP contribution is 2.17. The highest BCUT2D eigenvalue weighted by atomic mass is 32.2. The van der Waals surface area contributed by atoms with E-state index in [1.165, 1.54) is 0 Å². The molecule has 0 aliphatic heterocycles. The Balaban J connectivity index is 2.22. The minimum atomic E-state index is -3.47. The molecule has 0 fully saturated rings. The van der Waals surface area contributed by atoms with Crippen molar-refractivity contribution in [3.63, 3.8) is 0 Å². The molecule has 0 bridgehead atoms. The maximum atomic E-state index is 12.2. The van der Waals surface area contributed by atoms with Crippen molar-refractivity contribution in [2.24, 2.45) is 0 Å². The van der Waals surface area contributed by atoms with Crippen molar-refractivity contribution in [1.29, 1.82) is 0 Å². The first-order valence-corrected chi connectivity index (χ1v) is 7.61. The molecule has 0 spiro atoms. The monoisotopic (exact) mass is 275 g/mol. The van der Waals surface area contributed by atoms with Gasteiger partial charge in [0.2, 0.25) is 10.0 Å². The van der Waals surface area contributed by atoms with E-state index in [2.05, 4.69) is 4.72 Å². The smallest absolute Gasteiger partial charge is 0.207 e. The second-order valence-corrected chi connectivity index (χ2v) is 6.28. The van der Waals surface area contributed by atoms with Gasteiger partial charge >= 0.3 is 0 Å². The van der Waals surface area contributed by atoms with E-state index in [0.717, 1.165) is 11.1 Å². The summed E-state index contributed by atoms with van der Waals surface area (Å²) in [6.07, 6.45) is 0. The topological polar surface area (TPSA) is 46.2 Å². The molecule has 1 N–H and O–H groups in total. The predicted octanol–water partition coefficient (Wildman–Crippen LogP) is 3.03. The Morgan fingerprint density at radius 3 is 2.32 bits per heavy atom. The van der Waals surface area contributed by atoms with Crippen LogP contribution < -0.4 is 4.72 Å². The van der Waals surface area contributed by atoms with Crippen LogP contribution in [0.3, 0.4) is 0 Å². The van der Waals surface area contributed by atoms with Crippen LogP contribution >= 0.6 is 0 Å². The zero-order chi connectivity index (χ0) is 13.9. The first-order valence-electron chi connectivity index (χ1n) is 6.13. The van der Waals surface area contributed by atoms with Crippen molar-refractivity contribution in [3.8, 4) is 0 Å². The van der Waals surface area contributed by atoms with Gasteiger partial charge in [0.15, 0.2) is 0 Å². The molecule has 2 aromatic rings. The number of nitrogens with one attached hydrogen (secondary N) is 1. The van der Waals surface area contributed by atoms with Crippen LogP contribution in [-0.4, -0.2) is 8.42 Å². The van der Waals surface area contributed by atoms with Crippen LogP contribution in [0.5, 0.6) is 0 Å². The Morgan fingerprint density at radius 1 is 1.00 bits per heavy atom. The molecule has 3 nitrogen and oxygen atoms in total. The van der Waals surface area contributed by atoms with Crippen LogP contribution in [0, 0.1) is 6.92 Å². The average Bonchev–Trinajstić information content (AvgIpc) is 2.39. The standard InChI is InChI=1S/C15H17NO2S/c1-12-7-6-8-14(11-12)13(2)16-19(17,18)15-9-4-3-5-10-15/h3-11,13,16H,1-2H3/t13-/m1/s1. The number of sulfonamides is 1. The van der Waals surface area contributed by atoms with Crippen molar-refractivity contribution in [2.75, 3.05) is 0 Å². The normalized spacial score (nSPS) is 13.2. The van der Waals surface area contributed by atoms with E-state index in [9.17, 15) is 8.42 Å². The van der Waals surface area contributed by atoms with E-state index < -0.39 is 10.0 Å². The van der Waals surface area contributed by atoms with Gasteiger partial charge in [-0.2, -0.15) is 0 Å². The lowest BCUT2D eigenvalue weighted by Crippen LogP contribution is -2.26. The van der Waals surface area contributed by atoms with Gasteiger partial charge in [-0.1, -0.05) is 48.0 Å². The molecule has 100 valence electrons. The van der Waals surface area contributed by atoms with Gasteiger partial charge in [0.25, 0.3) is 0 Å². The Bertz CT molecular complexity index is 651. The average molecular weight is 275 g/mol. The second kappa shape index (κ2) is 5.55. The Kier molecular flexibility index (Phi) is 4.02. The van der Waals surface area contributed by atoms with Gasteiger partial charge in [-0.25, -0.2) is 13.1 Å². The zero-order valence-electron chi connectivity index (χ0n) is 11.0.